The van der Waals surface area contributed by atoms with Crippen molar-refractivity contribution < 1.29 is 14.3 Å². The first-order valence-electron chi connectivity index (χ1n) is 7.78. The van der Waals surface area contributed by atoms with E-state index < -0.39 is 18.5 Å². The average molecular weight is 391 g/mol. The van der Waals surface area contributed by atoms with Crippen LogP contribution in [0.2, 0.25) is 10.0 Å². The number of nitriles is 1. The van der Waals surface area contributed by atoms with Crippen LogP contribution in [0.1, 0.15) is 22.3 Å². The highest BCUT2D eigenvalue weighted by atomic mass is 35.5. The lowest BCUT2D eigenvalue weighted by Crippen LogP contribution is -2.35. The molecule has 0 aliphatic carbocycles. The number of hydrogen-bond donors (Lipinski definition) is 0. The van der Waals surface area contributed by atoms with Gasteiger partial charge >= 0.3 is 5.97 Å². The van der Waals surface area contributed by atoms with E-state index in [0.717, 1.165) is 5.56 Å². The number of nitrogens with zero attached hydrogens (tertiary/aromatic N) is 2. The second-order valence-electron chi connectivity index (χ2n) is 5.47. The second kappa shape index (κ2) is 9.23. The summed E-state index contributed by atoms with van der Waals surface area (Å²) in [6, 6.07) is 13.4. The summed E-state index contributed by atoms with van der Waals surface area (Å²) in [6.45, 7) is 1.56. The maximum Gasteiger partial charge on any atom is 0.338 e. The highest BCUT2D eigenvalue weighted by molar-refractivity contribution is 6.31. The molecule has 0 saturated heterocycles. The molecule has 0 heterocycles. The van der Waals surface area contributed by atoms with Crippen molar-refractivity contribution >= 4 is 40.8 Å². The van der Waals surface area contributed by atoms with E-state index in [4.69, 9.17) is 33.2 Å². The van der Waals surface area contributed by atoms with E-state index in [1.54, 1.807) is 36.4 Å². The molecule has 134 valence electrons. The van der Waals surface area contributed by atoms with Gasteiger partial charge in [0.2, 0.25) is 0 Å². The largest absolute Gasteiger partial charge is 0.452 e. The molecule has 0 aliphatic heterocycles. The van der Waals surface area contributed by atoms with Gasteiger partial charge in [-0.1, -0.05) is 29.3 Å². The molecule has 2 aromatic carbocycles. The molecule has 2 aromatic rings. The first kappa shape index (κ1) is 19.8. The van der Waals surface area contributed by atoms with Crippen molar-refractivity contribution in [2.75, 3.05) is 18.1 Å². The molecule has 0 aliphatic rings. The van der Waals surface area contributed by atoms with Gasteiger partial charge in [0.15, 0.2) is 6.61 Å². The van der Waals surface area contributed by atoms with Crippen LogP contribution in [-0.4, -0.2) is 25.0 Å². The van der Waals surface area contributed by atoms with Gasteiger partial charge in [-0.3, -0.25) is 4.79 Å². The first-order chi connectivity index (χ1) is 12.4. The van der Waals surface area contributed by atoms with Gasteiger partial charge in [-0.05, 0) is 48.9 Å². The van der Waals surface area contributed by atoms with Crippen molar-refractivity contribution in [2.45, 2.75) is 13.3 Å². The highest BCUT2D eigenvalue weighted by Gasteiger charge is 2.19. The molecule has 7 heteroatoms. The Balaban J connectivity index is 2.10. The minimum Gasteiger partial charge on any atom is -0.452 e. The van der Waals surface area contributed by atoms with Crippen molar-refractivity contribution in [1.29, 1.82) is 5.26 Å². The number of rotatable bonds is 6. The molecule has 5 nitrogen and oxygen atoms in total. The van der Waals surface area contributed by atoms with Crippen LogP contribution in [0.15, 0.2) is 42.5 Å². The molecule has 0 aromatic heterocycles. The van der Waals surface area contributed by atoms with E-state index in [-0.39, 0.29) is 18.5 Å². The molecule has 0 bridgehead atoms. The zero-order chi connectivity index (χ0) is 19.1. The molecule has 0 spiro atoms. The van der Waals surface area contributed by atoms with Crippen LogP contribution in [0, 0.1) is 18.3 Å². The van der Waals surface area contributed by atoms with Gasteiger partial charge in [-0.2, -0.15) is 5.26 Å². The predicted octanol–water partition coefficient (Wildman–Crippen LogP) is 4.41. The lowest BCUT2D eigenvalue weighted by atomic mass is 10.2. The van der Waals surface area contributed by atoms with Gasteiger partial charge in [0.25, 0.3) is 5.91 Å². The molecule has 0 atom stereocenters. The maximum absolute atomic E-state index is 12.5. The number of esters is 1. The van der Waals surface area contributed by atoms with E-state index >= 15 is 0 Å². The Morgan fingerprint density at radius 1 is 1.19 bits per heavy atom. The lowest BCUT2D eigenvalue weighted by molar-refractivity contribution is -0.121. The van der Waals surface area contributed by atoms with Crippen LogP contribution >= 0.6 is 23.2 Å². The molecule has 0 fully saturated rings. The fraction of sp³-hybridized carbons (Fsp3) is 0.211. The molecular formula is C19H16Cl2N2O3. The van der Waals surface area contributed by atoms with Crippen LogP contribution < -0.4 is 4.90 Å². The predicted molar refractivity (Wildman–Crippen MR) is 101 cm³/mol. The SMILES string of the molecule is Cc1cc(N(CCC#N)C(=O)COC(=O)c2cccc(Cl)c2)ccc1Cl. The van der Waals surface area contributed by atoms with E-state index in [1.165, 1.54) is 11.0 Å². The minimum absolute atomic E-state index is 0.148. The Kier molecular flexibility index (Phi) is 7.02. The zero-order valence-electron chi connectivity index (χ0n) is 14.0. The van der Waals surface area contributed by atoms with Gasteiger partial charge in [-0.25, -0.2) is 4.79 Å². The molecule has 0 radical (unpaired) electrons. The van der Waals surface area contributed by atoms with Crippen LogP contribution in [0.4, 0.5) is 5.69 Å². The van der Waals surface area contributed by atoms with Crippen molar-refractivity contribution in [1.82, 2.24) is 0 Å². The molecule has 26 heavy (non-hydrogen) atoms. The van der Waals surface area contributed by atoms with E-state index in [1.807, 2.05) is 13.0 Å². The fourth-order valence-corrected chi connectivity index (χ4v) is 2.57. The number of carbonyl (C=O) groups excluding carboxylic acids is 2. The molecule has 0 N–H and O–H groups in total. The summed E-state index contributed by atoms with van der Waals surface area (Å²) in [5, 5.41) is 9.81. The lowest BCUT2D eigenvalue weighted by Gasteiger charge is -2.22. The summed E-state index contributed by atoms with van der Waals surface area (Å²) in [4.78, 5) is 26.0. The Hall–Kier alpha value is -2.55. The Morgan fingerprint density at radius 2 is 1.96 bits per heavy atom. The van der Waals surface area contributed by atoms with Crippen LogP contribution in [0.5, 0.6) is 0 Å². The van der Waals surface area contributed by atoms with Crippen molar-refractivity contribution in [3.63, 3.8) is 0 Å². The molecule has 0 saturated carbocycles. The Bertz CT molecular complexity index is 862. The third kappa shape index (κ3) is 5.22. The van der Waals surface area contributed by atoms with Gasteiger partial charge in [-0.15, -0.1) is 0 Å². The van der Waals surface area contributed by atoms with Crippen LogP contribution in [-0.2, 0) is 9.53 Å². The monoisotopic (exact) mass is 390 g/mol. The number of carbonyl (C=O) groups is 2. The van der Waals surface area contributed by atoms with Crippen molar-refractivity contribution in [2.24, 2.45) is 0 Å². The Labute approximate surface area is 161 Å². The number of anilines is 1. The summed E-state index contributed by atoms with van der Waals surface area (Å²) >= 11 is 11.9. The third-order valence-electron chi connectivity index (χ3n) is 3.59. The quantitative estimate of drug-likeness (QED) is 0.685. The van der Waals surface area contributed by atoms with Gasteiger partial charge in [0, 0.05) is 22.3 Å². The van der Waals surface area contributed by atoms with E-state index in [0.29, 0.717) is 15.7 Å². The van der Waals surface area contributed by atoms with E-state index in [2.05, 4.69) is 0 Å². The standard InChI is InChI=1S/C19H16Cl2N2O3/c1-13-10-16(6-7-17(13)21)23(9-3-8-22)18(24)12-26-19(25)14-4-2-5-15(20)11-14/h2,4-7,10-11H,3,9,12H2,1H3. The number of ether oxygens (including phenoxy) is 1. The summed E-state index contributed by atoms with van der Waals surface area (Å²) in [6.07, 6.45) is 0.148. The van der Waals surface area contributed by atoms with Gasteiger partial charge in [0.05, 0.1) is 18.1 Å². The number of amides is 1. The van der Waals surface area contributed by atoms with Crippen LogP contribution in [0.25, 0.3) is 0 Å². The van der Waals surface area contributed by atoms with E-state index in [9.17, 15) is 9.59 Å². The van der Waals surface area contributed by atoms with Crippen molar-refractivity contribution in [3.8, 4) is 6.07 Å². The fourth-order valence-electron chi connectivity index (χ4n) is 2.26. The van der Waals surface area contributed by atoms with Crippen molar-refractivity contribution in [3.05, 3.63) is 63.6 Å². The number of aryl methyl sites for hydroxylation is 1. The number of benzene rings is 2. The normalized spacial score (nSPS) is 10.1. The average Bonchev–Trinajstić information content (AvgIpc) is 2.62. The molecular weight excluding hydrogens is 375 g/mol. The third-order valence-corrected chi connectivity index (χ3v) is 4.25. The second-order valence-corrected chi connectivity index (χ2v) is 6.32. The summed E-state index contributed by atoms with van der Waals surface area (Å²) in [5.74, 6) is -1.08. The van der Waals surface area contributed by atoms with Gasteiger partial charge in [0.1, 0.15) is 0 Å². The summed E-state index contributed by atoms with van der Waals surface area (Å²) in [7, 11) is 0. The topological polar surface area (TPSA) is 70.4 Å². The summed E-state index contributed by atoms with van der Waals surface area (Å²) in [5.41, 5.74) is 1.65. The molecule has 0 unspecified atom stereocenters. The minimum atomic E-state index is -0.645. The summed E-state index contributed by atoms with van der Waals surface area (Å²) < 4.78 is 5.08. The maximum atomic E-state index is 12.5. The van der Waals surface area contributed by atoms with Crippen LogP contribution in [0.3, 0.4) is 0 Å². The van der Waals surface area contributed by atoms with Gasteiger partial charge < -0.3 is 9.64 Å². The number of hydrogen-bond acceptors (Lipinski definition) is 4. The molecule has 1 amide bonds. The smallest absolute Gasteiger partial charge is 0.338 e. The Morgan fingerprint density at radius 3 is 2.62 bits per heavy atom. The molecule has 2 rings (SSSR count). The first-order valence-corrected chi connectivity index (χ1v) is 8.54. The number of halogens is 2. The highest BCUT2D eigenvalue weighted by Crippen LogP contribution is 2.23. The zero-order valence-corrected chi connectivity index (χ0v) is 15.5.